The van der Waals surface area contributed by atoms with Gasteiger partial charge in [-0.05, 0) is 12.1 Å². The molecular formula is C11H15NO3. The molecule has 82 valence electrons. The van der Waals surface area contributed by atoms with Crippen LogP contribution in [0, 0.1) is 0 Å². The molecule has 4 heteroatoms. The molecule has 0 atom stereocenters. The Balaban J connectivity index is 3.15. The van der Waals surface area contributed by atoms with Crippen LogP contribution in [0.1, 0.15) is 10.4 Å². The fourth-order valence-corrected chi connectivity index (χ4v) is 1.24. The molecule has 0 amide bonds. The number of benzene rings is 1. The van der Waals surface area contributed by atoms with E-state index < -0.39 is 5.97 Å². The second kappa shape index (κ2) is 4.68. The Morgan fingerprint density at radius 1 is 1.27 bits per heavy atom. The number of carbonyl (C=O) groups is 1. The van der Waals surface area contributed by atoms with Gasteiger partial charge in [0, 0.05) is 25.8 Å². The first kappa shape index (κ1) is 11.4. The first-order valence-electron chi connectivity index (χ1n) is 4.53. The lowest BCUT2D eigenvalue weighted by Gasteiger charge is -2.15. The molecule has 0 fully saturated rings. The highest BCUT2D eigenvalue weighted by atomic mass is 16.5. The summed E-state index contributed by atoms with van der Waals surface area (Å²) >= 11 is 0. The summed E-state index contributed by atoms with van der Waals surface area (Å²) in [5.41, 5.74) is 1.41. The van der Waals surface area contributed by atoms with Crippen molar-refractivity contribution in [2.45, 2.75) is 0 Å². The largest absolute Gasteiger partial charge is 0.496 e. The number of ether oxygens (including phenoxy) is 2. The fourth-order valence-electron chi connectivity index (χ4n) is 1.24. The van der Waals surface area contributed by atoms with Crippen molar-refractivity contribution in [3.63, 3.8) is 0 Å². The predicted molar refractivity (Wildman–Crippen MR) is 58.7 cm³/mol. The van der Waals surface area contributed by atoms with Gasteiger partial charge in [-0.25, -0.2) is 4.79 Å². The van der Waals surface area contributed by atoms with Crippen molar-refractivity contribution in [1.29, 1.82) is 0 Å². The molecule has 0 bridgehead atoms. The van der Waals surface area contributed by atoms with Crippen molar-refractivity contribution in [1.82, 2.24) is 0 Å². The van der Waals surface area contributed by atoms with E-state index in [4.69, 9.17) is 4.74 Å². The molecule has 1 aromatic carbocycles. The average Bonchev–Trinajstić information content (AvgIpc) is 2.27. The Kier molecular flexibility index (Phi) is 3.55. The first-order valence-corrected chi connectivity index (χ1v) is 4.53. The van der Waals surface area contributed by atoms with Gasteiger partial charge in [0.05, 0.1) is 14.2 Å². The van der Waals surface area contributed by atoms with Crippen molar-refractivity contribution in [2.75, 3.05) is 33.2 Å². The molecule has 0 radical (unpaired) electrons. The monoisotopic (exact) mass is 209 g/mol. The Morgan fingerprint density at radius 3 is 2.40 bits per heavy atom. The van der Waals surface area contributed by atoms with Crippen LogP contribution in [0.2, 0.25) is 0 Å². The first-order chi connectivity index (χ1) is 7.10. The smallest absolute Gasteiger partial charge is 0.341 e. The summed E-state index contributed by atoms with van der Waals surface area (Å²) in [5.74, 6) is 0.130. The van der Waals surface area contributed by atoms with Gasteiger partial charge in [-0.15, -0.1) is 0 Å². The number of rotatable bonds is 3. The van der Waals surface area contributed by atoms with Gasteiger partial charge in [0.1, 0.15) is 11.3 Å². The summed E-state index contributed by atoms with van der Waals surface area (Å²) in [6, 6.07) is 5.33. The molecule has 0 aliphatic carbocycles. The molecule has 0 spiro atoms. The zero-order chi connectivity index (χ0) is 11.4. The third-order valence-electron chi connectivity index (χ3n) is 2.11. The minimum atomic E-state index is -0.392. The number of esters is 1. The van der Waals surface area contributed by atoms with Gasteiger partial charge in [0.15, 0.2) is 0 Å². The van der Waals surface area contributed by atoms with Crippen LogP contribution in [-0.2, 0) is 4.74 Å². The third-order valence-corrected chi connectivity index (χ3v) is 2.11. The third kappa shape index (κ3) is 2.40. The lowest BCUT2D eigenvalue weighted by Crippen LogP contribution is -2.10. The van der Waals surface area contributed by atoms with Crippen LogP contribution in [0.4, 0.5) is 5.69 Å². The van der Waals surface area contributed by atoms with Crippen molar-refractivity contribution in [2.24, 2.45) is 0 Å². The molecule has 0 saturated heterocycles. The van der Waals surface area contributed by atoms with Crippen molar-refractivity contribution < 1.29 is 14.3 Å². The number of methoxy groups -OCH3 is 2. The van der Waals surface area contributed by atoms with Crippen LogP contribution < -0.4 is 9.64 Å². The van der Waals surface area contributed by atoms with Gasteiger partial charge in [0.2, 0.25) is 0 Å². The lowest BCUT2D eigenvalue weighted by atomic mass is 10.1. The normalized spacial score (nSPS) is 9.60. The maximum Gasteiger partial charge on any atom is 0.341 e. The lowest BCUT2D eigenvalue weighted by molar-refractivity contribution is 0.0597. The summed E-state index contributed by atoms with van der Waals surface area (Å²) in [7, 11) is 6.72. The van der Waals surface area contributed by atoms with Crippen molar-refractivity contribution in [3.8, 4) is 5.75 Å². The highest BCUT2D eigenvalue weighted by Gasteiger charge is 2.13. The van der Waals surface area contributed by atoms with Crippen molar-refractivity contribution >= 4 is 11.7 Å². The van der Waals surface area contributed by atoms with Crippen molar-refractivity contribution in [3.05, 3.63) is 23.8 Å². The maximum absolute atomic E-state index is 11.4. The van der Waals surface area contributed by atoms with Gasteiger partial charge in [0.25, 0.3) is 0 Å². The van der Waals surface area contributed by atoms with E-state index in [1.54, 1.807) is 12.1 Å². The zero-order valence-electron chi connectivity index (χ0n) is 9.40. The van der Waals surface area contributed by atoms with Crippen LogP contribution in [0.15, 0.2) is 18.2 Å². The summed E-state index contributed by atoms with van der Waals surface area (Å²) in [6.45, 7) is 0. The Bertz CT molecular complexity index is 361. The topological polar surface area (TPSA) is 38.8 Å². The van der Waals surface area contributed by atoms with Crippen LogP contribution in [-0.4, -0.2) is 34.3 Å². The van der Waals surface area contributed by atoms with Gasteiger partial charge >= 0.3 is 5.97 Å². The SMILES string of the molecule is COC(=O)c1ccc(N(C)C)cc1OC. The molecule has 0 aromatic heterocycles. The molecule has 1 aromatic rings. The van der Waals surface area contributed by atoms with Crippen LogP contribution in [0.5, 0.6) is 5.75 Å². The quantitative estimate of drug-likeness (QED) is 0.708. The summed E-state index contributed by atoms with van der Waals surface area (Å²) in [6.07, 6.45) is 0. The van der Waals surface area contributed by atoms with E-state index in [0.717, 1.165) is 5.69 Å². The van der Waals surface area contributed by atoms with E-state index in [1.807, 2.05) is 25.1 Å². The molecule has 0 heterocycles. The summed E-state index contributed by atoms with van der Waals surface area (Å²) in [5, 5.41) is 0. The van der Waals surface area contributed by atoms with Gasteiger partial charge in [-0.3, -0.25) is 0 Å². The minimum Gasteiger partial charge on any atom is -0.496 e. The number of hydrogen-bond acceptors (Lipinski definition) is 4. The number of hydrogen-bond donors (Lipinski definition) is 0. The molecule has 0 unspecified atom stereocenters. The molecule has 0 N–H and O–H groups in total. The molecule has 0 aliphatic heterocycles. The highest BCUT2D eigenvalue weighted by Crippen LogP contribution is 2.25. The number of anilines is 1. The second-order valence-electron chi connectivity index (χ2n) is 3.27. The Morgan fingerprint density at radius 2 is 1.93 bits per heavy atom. The molecule has 4 nitrogen and oxygen atoms in total. The molecule has 0 saturated carbocycles. The number of nitrogens with zero attached hydrogens (tertiary/aromatic N) is 1. The van der Waals surface area contributed by atoms with E-state index in [0.29, 0.717) is 11.3 Å². The highest BCUT2D eigenvalue weighted by molar-refractivity contribution is 5.93. The standard InChI is InChI=1S/C11H15NO3/c1-12(2)8-5-6-9(11(13)15-4)10(7-8)14-3/h5-7H,1-4H3. The number of carbonyl (C=O) groups excluding carboxylic acids is 1. The fraction of sp³-hybridized carbons (Fsp3) is 0.364. The second-order valence-corrected chi connectivity index (χ2v) is 3.27. The van der Waals surface area contributed by atoms with Gasteiger partial charge in [-0.1, -0.05) is 0 Å². The Labute approximate surface area is 89.4 Å². The molecule has 0 aliphatic rings. The predicted octanol–water partition coefficient (Wildman–Crippen LogP) is 1.55. The van der Waals surface area contributed by atoms with Gasteiger partial charge < -0.3 is 14.4 Å². The summed E-state index contributed by atoms with van der Waals surface area (Å²) in [4.78, 5) is 13.3. The van der Waals surface area contributed by atoms with Gasteiger partial charge in [-0.2, -0.15) is 0 Å². The van der Waals surface area contributed by atoms with E-state index in [-0.39, 0.29) is 0 Å². The van der Waals surface area contributed by atoms with E-state index in [1.165, 1.54) is 14.2 Å². The molecule has 15 heavy (non-hydrogen) atoms. The summed E-state index contributed by atoms with van der Waals surface area (Å²) < 4.78 is 9.78. The molecular weight excluding hydrogens is 194 g/mol. The van der Waals surface area contributed by atoms with E-state index >= 15 is 0 Å². The van der Waals surface area contributed by atoms with Crippen LogP contribution in [0.25, 0.3) is 0 Å². The van der Waals surface area contributed by atoms with Crippen LogP contribution in [0.3, 0.4) is 0 Å². The Hall–Kier alpha value is -1.71. The minimum absolute atomic E-state index is 0.392. The molecule has 1 rings (SSSR count). The zero-order valence-corrected chi connectivity index (χ0v) is 9.40. The maximum atomic E-state index is 11.4. The van der Waals surface area contributed by atoms with E-state index in [9.17, 15) is 4.79 Å². The van der Waals surface area contributed by atoms with Crippen LogP contribution >= 0.6 is 0 Å². The van der Waals surface area contributed by atoms with E-state index in [2.05, 4.69) is 4.74 Å². The average molecular weight is 209 g/mol.